The normalized spacial score (nSPS) is 21.3. The van der Waals surface area contributed by atoms with Gasteiger partial charge in [0.05, 0.1) is 0 Å². The van der Waals surface area contributed by atoms with Crippen molar-refractivity contribution in [3.05, 3.63) is 0 Å². The monoisotopic (exact) mass is 255 g/mol. The fourth-order valence-electron chi connectivity index (χ4n) is 2.53. The molecule has 1 fully saturated rings. The summed E-state index contributed by atoms with van der Waals surface area (Å²) in [4.78, 5) is 11.4. The summed E-state index contributed by atoms with van der Waals surface area (Å²) in [5.74, 6) is 0.560. The van der Waals surface area contributed by atoms with Crippen molar-refractivity contribution < 1.29 is 4.79 Å². The number of nitrogens with two attached hydrogens (primary N) is 1. The molecular weight excluding hydrogens is 226 g/mol. The second kappa shape index (κ2) is 6.98. The van der Waals surface area contributed by atoms with Gasteiger partial charge in [-0.2, -0.15) is 0 Å². The number of nitrogens with one attached hydrogen (secondary N) is 2. The molecule has 1 rings (SSSR count). The van der Waals surface area contributed by atoms with Gasteiger partial charge in [-0.05, 0) is 43.4 Å². The van der Waals surface area contributed by atoms with Crippen LogP contribution in [0.4, 0.5) is 4.79 Å². The van der Waals surface area contributed by atoms with E-state index < -0.39 is 0 Å². The lowest BCUT2D eigenvalue weighted by atomic mass is 9.71. The molecule has 18 heavy (non-hydrogen) atoms. The van der Waals surface area contributed by atoms with E-state index in [0.717, 1.165) is 13.0 Å². The molecule has 2 amide bonds. The molecule has 4 N–H and O–H groups in total. The molecule has 0 aromatic carbocycles. The van der Waals surface area contributed by atoms with E-state index in [1.54, 1.807) is 0 Å². The molecule has 1 aliphatic carbocycles. The number of rotatable bonds is 5. The Morgan fingerprint density at radius 1 is 1.33 bits per heavy atom. The average molecular weight is 255 g/mol. The Hall–Kier alpha value is -0.770. The van der Waals surface area contributed by atoms with Crippen LogP contribution in [0.3, 0.4) is 0 Å². The fraction of sp³-hybridized carbons (Fsp3) is 0.929. The number of carbonyl (C=O) groups excluding carboxylic acids is 1. The lowest BCUT2D eigenvalue weighted by molar-refractivity contribution is 0.171. The van der Waals surface area contributed by atoms with Crippen molar-refractivity contribution >= 4 is 6.03 Å². The first-order valence-corrected chi connectivity index (χ1v) is 7.22. The van der Waals surface area contributed by atoms with Gasteiger partial charge in [0, 0.05) is 19.1 Å². The van der Waals surface area contributed by atoms with Crippen LogP contribution in [0.2, 0.25) is 0 Å². The lowest BCUT2D eigenvalue weighted by Gasteiger charge is -2.36. The summed E-state index contributed by atoms with van der Waals surface area (Å²) in [7, 11) is 0. The molecular formula is C14H29N3O. The molecule has 106 valence electrons. The van der Waals surface area contributed by atoms with Crippen molar-refractivity contribution in [2.45, 2.75) is 58.9 Å². The molecule has 0 aromatic rings. The van der Waals surface area contributed by atoms with E-state index in [2.05, 4.69) is 24.5 Å². The topological polar surface area (TPSA) is 67.2 Å². The third-order valence-corrected chi connectivity index (χ3v) is 4.02. The average Bonchev–Trinajstić information content (AvgIpc) is 2.33. The van der Waals surface area contributed by atoms with Crippen molar-refractivity contribution in [2.75, 3.05) is 13.1 Å². The second-order valence-corrected chi connectivity index (χ2v) is 6.30. The van der Waals surface area contributed by atoms with Crippen molar-refractivity contribution in [3.63, 3.8) is 0 Å². The summed E-state index contributed by atoms with van der Waals surface area (Å²) >= 11 is 0. The molecule has 0 aromatic heterocycles. The van der Waals surface area contributed by atoms with Gasteiger partial charge in [-0.1, -0.05) is 20.8 Å². The molecule has 0 aliphatic heterocycles. The van der Waals surface area contributed by atoms with Crippen molar-refractivity contribution in [1.29, 1.82) is 0 Å². The first-order valence-electron chi connectivity index (χ1n) is 7.22. The first kappa shape index (κ1) is 15.3. The van der Waals surface area contributed by atoms with Crippen LogP contribution in [0.5, 0.6) is 0 Å². The molecule has 1 unspecified atom stereocenters. The summed E-state index contributed by atoms with van der Waals surface area (Å²) in [5, 5.41) is 5.66. The van der Waals surface area contributed by atoms with E-state index in [4.69, 9.17) is 5.73 Å². The molecule has 1 saturated carbocycles. The van der Waals surface area contributed by atoms with Crippen molar-refractivity contribution in [3.8, 4) is 0 Å². The maximum absolute atomic E-state index is 11.4. The molecule has 0 spiro atoms. The maximum Gasteiger partial charge on any atom is 0.314 e. The summed E-state index contributed by atoms with van der Waals surface area (Å²) in [6.45, 7) is 7.99. The number of amides is 2. The predicted octanol–water partition coefficient (Wildman–Crippen LogP) is 2.24. The quantitative estimate of drug-likeness (QED) is 0.705. The van der Waals surface area contributed by atoms with Crippen LogP contribution in [0.15, 0.2) is 0 Å². The number of urea groups is 1. The van der Waals surface area contributed by atoms with Crippen LogP contribution in [-0.2, 0) is 0 Å². The maximum atomic E-state index is 11.4. The highest BCUT2D eigenvalue weighted by atomic mass is 16.2. The van der Waals surface area contributed by atoms with Crippen LogP contribution < -0.4 is 16.4 Å². The lowest BCUT2D eigenvalue weighted by Crippen LogP contribution is -2.46. The third-order valence-electron chi connectivity index (χ3n) is 4.02. The van der Waals surface area contributed by atoms with Gasteiger partial charge < -0.3 is 16.4 Å². The third kappa shape index (κ3) is 5.25. The zero-order chi connectivity index (χ0) is 13.6. The van der Waals surface area contributed by atoms with Gasteiger partial charge in [0.2, 0.25) is 0 Å². The predicted molar refractivity (Wildman–Crippen MR) is 75.4 cm³/mol. The Kier molecular flexibility index (Phi) is 5.93. The first-order chi connectivity index (χ1) is 8.44. The molecule has 4 heteroatoms. The Morgan fingerprint density at radius 3 is 2.50 bits per heavy atom. The molecule has 0 bridgehead atoms. The van der Waals surface area contributed by atoms with Gasteiger partial charge in [-0.25, -0.2) is 4.79 Å². The number of hydrogen-bond donors (Lipinski definition) is 3. The second-order valence-electron chi connectivity index (χ2n) is 6.30. The van der Waals surface area contributed by atoms with E-state index >= 15 is 0 Å². The largest absolute Gasteiger partial charge is 0.338 e. The van der Waals surface area contributed by atoms with Gasteiger partial charge in [0.1, 0.15) is 0 Å². The van der Waals surface area contributed by atoms with E-state index in [-0.39, 0.29) is 12.1 Å². The SMILES string of the molecule is CCCNC(=O)NCC(N)C1CCC(C)(C)CC1. The highest BCUT2D eigenvalue weighted by Crippen LogP contribution is 2.38. The highest BCUT2D eigenvalue weighted by Gasteiger charge is 2.29. The van der Waals surface area contributed by atoms with Crippen LogP contribution >= 0.6 is 0 Å². The minimum atomic E-state index is -0.0940. The summed E-state index contributed by atoms with van der Waals surface area (Å²) in [5.41, 5.74) is 6.65. The number of carbonyl (C=O) groups is 1. The summed E-state index contributed by atoms with van der Waals surface area (Å²) < 4.78 is 0. The van der Waals surface area contributed by atoms with E-state index in [1.165, 1.54) is 25.7 Å². The summed E-state index contributed by atoms with van der Waals surface area (Å²) in [6.07, 6.45) is 5.82. The highest BCUT2D eigenvalue weighted by molar-refractivity contribution is 5.73. The minimum Gasteiger partial charge on any atom is -0.338 e. The van der Waals surface area contributed by atoms with E-state index in [1.807, 2.05) is 6.92 Å². The van der Waals surface area contributed by atoms with Gasteiger partial charge in [-0.3, -0.25) is 0 Å². The Labute approximate surface area is 111 Å². The van der Waals surface area contributed by atoms with Gasteiger partial charge in [0.25, 0.3) is 0 Å². The smallest absolute Gasteiger partial charge is 0.314 e. The van der Waals surface area contributed by atoms with Crippen molar-refractivity contribution in [1.82, 2.24) is 10.6 Å². The minimum absolute atomic E-state index is 0.0912. The molecule has 0 saturated heterocycles. The van der Waals surface area contributed by atoms with Crippen LogP contribution in [0.1, 0.15) is 52.9 Å². The Balaban J connectivity index is 2.21. The fourth-order valence-corrected chi connectivity index (χ4v) is 2.53. The van der Waals surface area contributed by atoms with Crippen LogP contribution in [0, 0.1) is 11.3 Å². The van der Waals surface area contributed by atoms with Crippen molar-refractivity contribution in [2.24, 2.45) is 17.1 Å². The molecule has 1 atom stereocenters. The van der Waals surface area contributed by atoms with Gasteiger partial charge in [0.15, 0.2) is 0 Å². The molecule has 4 nitrogen and oxygen atoms in total. The van der Waals surface area contributed by atoms with Gasteiger partial charge >= 0.3 is 6.03 Å². The summed E-state index contributed by atoms with van der Waals surface area (Å²) in [6, 6.07) is -0.00286. The van der Waals surface area contributed by atoms with Gasteiger partial charge in [-0.15, -0.1) is 0 Å². The Morgan fingerprint density at radius 2 is 1.94 bits per heavy atom. The Bertz CT molecular complexity index is 256. The standard InChI is InChI=1S/C14H29N3O/c1-4-9-16-13(18)17-10-12(15)11-5-7-14(2,3)8-6-11/h11-12H,4-10,15H2,1-3H3,(H2,16,17,18). The van der Waals surface area contributed by atoms with E-state index in [9.17, 15) is 4.79 Å². The van der Waals surface area contributed by atoms with Crippen LogP contribution in [-0.4, -0.2) is 25.2 Å². The van der Waals surface area contributed by atoms with Crippen LogP contribution in [0.25, 0.3) is 0 Å². The number of hydrogen-bond acceptors (Lipinski definition) is 2. The molecule has 0 radical (unpaired) electrons. The van der Waals surface area contributed by atoms with E-state index in [0.29, 0.717) is 17.9 Å². The molecule has 0 heterocycles. The zero-order valence-corrected chi connectivity index (χ0v) is 12.1. The molecule has 1 aliphatic rings. The zero-order valence-electron chi connectivity index (χ0n) is 12.1.